The highest BCUT2D eigenvalue weighted by Crippen LogP contribution is 2.25. The molecule has 0 heterocycles. The summed E-state index contributed by atoms with van der Waals surface area (Å²) in [6, 6.07) is 6.05. The van der Waals surface area contributed by atoms with E-state index in [1.807, 2.05) is 50.8 Å². The Kier molecular flexibility index (Phi) is 5.01. The Balaban J connectivity index is 2.83. The number of anilines is 2. The van der Waals surface area contributed by atoms with Gasteiger partial charge in [-0.2, -0.15) is 0 Å². The van der Waals surface area contributed by atoms with Crippen molar-refractivity contribution in [1.82, 2.24) is 5.32 Å². The number of nitrogens with one attached hydrogen (secondary N) is 1. The summed E-state index contributed by atoms with van der Waals surface area (Å²) in [5, 5.41) is 2.89. The van der Waals surface area contributed by atoms with E-state index >= 15 is 0 Å². The quantitative estimate of drug-likeness (QED) is 0.784. The van der Waals surface area contributed by atoms with Crippen LogP contribution in [0.3, 0.4) is 0 Å². The van der Waals surface area contributed by atoms with E-state index < -0.39 is 0 Å². The summed E-state index contributed by atoms with van der Waals surface area (Å²) in [6.07, 6.45) is 0. The molecule has 0 radical (unpaired) electrons. The van der Waals surface area contributed by atoms with Crippen LogP contribution >= 0.6 is 0 Å². The Morgan fingerprint density at radius 3 is 2.67 bits per heavy atom. The Morgan fingerprint density at radius 2 is 2.11 bits per heavy atom. The van der Waals surface area contributed by atoms with Gasteiger partial charge in [0, 0.05) is 12.6 Å². The minimum absolute atomic E-state index is 0.0211. The fraction of sp³-hybridized carbons (Fsp3) is 0.500. The van der Waals surface area contributed by atoms with Gasteiger partial charge in [-0.15, -0.1) is 0 Å². The molecule has 0 saturated carbocycles. The summed E-state index contributed by atoms with van der Waals surface area (Å²) in [4.78, 5) is 13.8. The van der Waals surface area contributed by atoms with Crippen LogP contribution < -0.4 is 16.0 Å². The molecule has 18 heavy (non-hydrogen) atoms. The molecule has 3 N–H and O–H groups in total. The SMILES string of the molecule is CCN(CC(=O)NC(C)C)c1cccc(C)c1N. The van der Waals surface area contributed by atoms with E-state index in [9.17, 15) is 4.79 Å². The van der Waals surface area contributed by atoms with Crippen molar-refractivity contribution in [1.29, 1.82) is 0 Å². The second-order valence-electron chi connectivity index (χ2n) is 4.74. The number of aryl methyl sites for hydroxylation is 1. The molecule has 0 aromatic heterocycles. The average Bonchev–Trinajstić information content (AvgIpc) is 2.29. The van der Waals surface area contributed by atoms with Gasteiger partial charge in [0.15, 0.2) is 0 Å². The number of para-hydroxylation sites is 1. The van der Waals surface area contributed by atoms with Gasteiger partial charge in [0.25, 0.3) is 0 Å². The standard InChI is InChI=1S/C14H23N3O/c1-5-17(9-13(18)16-10(2)3)12-8-6-7-11(4)14(12)15/h6-8,10H,5,9,15H2,1-4H3,(H,16,18). The fourth-order valence-corrected chi connectivity index (χ4v) is 1.85. The minimum Gasteiger partial charge on any atom is -0.397 e. The molecule has 0 unspecified atom stereocenters. The van der Waals surface area contributed by atoms with Gasteiger partial charge in [0.2, 0.25) is 5.91 Å². The molecule has 4 nitrogen and oxygen atoms in total. The number of hydrogen-bond acceptors (Lipinski definition) is 3. The van der Waals surface area contributed by atoms with Crippen LogP contribution in [0.1, 0.15) is 26.3 Å². The van der Waals surface area contributed by atoms with E-state index in [1.165, 1.54) is 0 Å². The number of rotatable bonds is 5. The van der Waals surface area contributed by atoms with E-state index in [2.05, 4.69) is 5.32 Å². The zero-order chi connectivity index (χ0) is 13.7. The summed E-state index contributed by atoms with van der Waals surface area (Å²) in [7, 11) is 0. The normalized spacial score (nSPS) is 10.5. The lowest BCUT2D eigenvalue weighted by atomic mass is 10.1. The highest BCUT2D eigenvalue weighted by atomic mass is 16.2. The number of nitrogens with two attached hydrogens (primary N) is 1. The monoisotopic (exact) mass is 249 g/mol. The molecular weight excluding hydrogens is 226 g/mol. The van der Waals surface area contributed by atoms with Gasteiger partial charge in [-0.1, -0.05) is 12.1 Å². The van der Waals surface area contributed by atoms with Crippen molar-refractivity contribution in [2.75, 3.05) is 23.7 Å². The minimum atomic E-state index is 0.0211. The van der Waals surface area contributed by atoms with Gasteiger partial charge in [-0.25, -0.2) is 0 Å². The lowest BCUT2D eigenvalue weighted by molar-refractivity contribution is -0.120. The largest absolute Gasteiger partial charge is 0.397 e. The van der Waals surface area contributed by atoms with Crippen LogP contribution in [0.15, 0.2) is 18.2 Å². The van der Waals surface area contributed by atoms with Crippen molar-refractivity contribution in [2.45, 2.75) is 33.7 Å². The number of hydrogen-bond donors (Lipinski definition) is 2. The van der Waals surface area contributed by atoms with Crippen LogP contribution in [-0.4, -0.2) is 25.0 Å². The maximum atomic E-state index is 11.8. The molecule has 0 fully saturated rings. The highest BCUT2D eigenvalue weighted by molar-refractivity contribution is 5.83. The number of nitrogen functional groups attached to an aromatic ring is 1. The third-order valence-corrected chi connectivity index (χ3v) is 2.81. The average molecular weight is 249 g/mol. The Labute approximate surface area is 109 Å². The molecule has 1 aromatic carbocycles. The molecular formula is C14H23N3O. The van der Waals surface area contributed by atoms with Gasteiger partial charge in [-0.3, -0.25) is 4.79 Å². The second kappa shape index (κ2) is 6.28. The van der Waals surface area contributed by atoms with Crippen LogP contribution in [0.25, 0.3) is 0 Å². The number of likely N-dealkylation sites (N-methyl/N-ethyl adjacent to an activating group) is 1. The summed E-state index contributed by atoms with van der Waals surface area (Å²) >= 11 is 0. The van der Waals surface area contributed by atoms with E-state index in [0.29, 0.717) is 6.54 Å². The molecule has 0 saturated heterocycles. The molecule has 0 spiro atoms. The third-order valence-electron chi connectivity index (χ3n) is 2.81. The van der Waals surface area contributed by atoms with E-state index in [0.717, 1.165) is 23.5 Å². The first-order valence-corrected chi connectivity index (χ1v) is 6.35. The summed E-state index contributed by atoms with van der Waals surface area (Å²) < 4.78 is 0. The van der Waals surface area contributed by atoms with Crippen LogP contribution in [0, 0.1) is 6.92 Å². The van der Waals surface area contributed by atoms with Crippen molar-refractivity contribution in [3.63, 3.8) is 0 Å². The molecule has 0 aliphatic carbocycles. The lowest BCUT2D eigenvalue weighted by Crippen LogP contribution is -2.40. The van der Waals surface area contributed by atoms with Crippen LogP contribution in [0.4, 0.5) is 11.4 Å². The molecule has 1 aromatic rings. The predicted molar refractivity (Wildman–Crippen MR) is 76.8 cm³/mol. The smallest absolute Gasteiger partial charge is 0.239 e. The summed E-state index contributed by atoms with van der Waals surface area (Å²) in [6.45, 7) is 8.98. The molecule has 0 atom stereocenters. The van der Waals surface area contributed by atoms with Gasteiger partial charge < -0.3 is 16.0 Å². The van der Waals surface area contributed by atoms with Crippen molar-refractivity contribution >= 4 is 17.3 Å². The van der Waals surface area contributed by atoms with Crippen LogP contribution in [0.5, 0.6) is 0 Å². The van der Waals surface area contributed by atoms with Crippen molar-refractivity contribution in [3.05, 3.63) is 23.8 Å². The Hall–Kier alpha value is -1.71. The number of carbonyl (C=O) groups is 1. The van der Waals surface area contributed by atoms with Crippen LogP contribution in [0.2, 0.25) is 0 Å². The first kappa shape index (κ1) is 14.4. The Morgan fingerprint density at radius 1 is 1.44 bits per heavy atom. The first-order chi connectivity index (χ1) is 8.45. The fourth-order valence-electron chi connectivity index (χ4n) is 1.85. The number of nitrogens with zero attached hydrogens (tertiary/aromatic N) is 1. The molecule has 1 amide bonds. The number of benzene rings is 1. The third kappa shape index (κ3) is 3.65. The van der Waals surface area contributed by atoms with E-state index in [1.54, 1.807) is 0 Å². The lowest BCUT2D eigenvalue weighted by Gasteiger charge is -2.25. The first-order valence-electron chi connectivity index (χ1n) is 6.35. The maximum absolute atomic E-state index is 11.8. The molecule has 0 bridgehead atoms. The molecule has 1 rings (SSSR count). The molecule has 4 heteroatoms. The number of carbonyl (C=O) groups excluding carboxylic acids is 1. The van der Waals surface area contributed by atoms with Crippen molar-refractivity contribution in [3.8, 4) is 0 Å². The van der Waals surface area contributed by atoms with E-state index in [-0.39, 0.29) is 11.9 Å². The Bertz CT molecular complexity index is 416. The summed E-state index contributed by atoms with van der Waals surface area (Å²) in [5.41, 5.74) is 8.77. The van der Waals surface area contributed by atoms with Gasteiger partial charge in [0.05, 0.1) is 17.9 Å². The zero-order valence-electron chi connectivity index (χ0n) is 11.7. The van der Waals surface area contributed by atoms with Crippen molar-refractivity contribution in [2.24, 2.45) is 0 Å². The van der Waals surface area contributed by atoms with Gasteiger partial charge in [0.1, 0.15) is 0 Å². The molecule has 0 aliphatic heterocycles. The maximum Gasteiger partial charge on any atom is 0.239 e. The number of amides is 1. The van der Waals surface area contributed by atoms with Crippen molar-refractivity contribution < 1.29 is 4.79 Å². The molecule has 100 valence electrons. The zero-order valence-corrected chi connectivity index (χ0v) is 11.7. The second-order valence-corrected chi connectivity index (χ2v) is 4.74. The predicted octanol–water partition coefficient (Wildman–Crippen LogP) is 1.93. The summed E-state index contributed by atoms with van der Waals surface area (Å²) in [5.74, 6) is 0.0211. The topological polar surface area (TPSA) is 58.4 Å². The van der Waals surface area contributed by atoms with Gasteiger partial charge in [-0.05, 0) is 39.3 Å². The van der Waals surface area contributed by atoms with E-state index in [4.69, 9.17) is 5.73 Å². The van der Waals surface area contributed by atoms with Gasteiger partial charge >= 0.3 is 0 Å². The highest BCUT2D eigenvalue weighted by Gasteiger charge is 2.13. The van der Waals surface area contributed by atoms with Crippen LogP contribution in [-0.2, 0) is 4.79 Å². The molecule has 0 aliphatic rings.